The summed E-state index contributed by atoms with van der Waals surface area (Å²) in [5.41, 5.74) is 1.38. The minimum Gasteiger partial charge on any atom is -0.494 e. The molecule has 0 N–H and O–H groups in total. The largest absolute Gasteiger partial charge is 0.494 e. The quantitative estimate of drug-likeness (QED) is 0.348. The summed E-state index contributed by atoms with van der Waals surface area (Å²) >= 11 is 0. The fourth-order valence-electron chi connectivity index (χ4n) is 3.54. The molecule has 0 bridgehead atoms. The Morgan fingerprint density at radius 2 is 1.48 bits per heavy atom. The van der Waals surface area contributed by atoms with E-state index >= 15 is 4.39 Å². The van der Waals surface area contributed by atoms with Gasteiger partial charge in [0.05, 0.1) is 6.61 Å². The van der Waals surface area contributed by atoms with Crippen LogP contribution in [0.4, 0.5) is 8.78 Å². The molecule has 0 fully saturated rings. The number of benzene rings is 3. The first kappa shape index (κ1) is 22.5. The van der Waals surface area contributed by atoms with E-state index in [4.69, 9.17) is 9.47 Å². The zero-order valence-corrected chi connectivity index (χ0v) is 18.1. The molecule has 0 aliphatic heterocycles. The van der Waals surface area contributed by atoms with Gasteiger partial charge in [-0.05, 0) is 60.4 Å². The van der Waals surface area contributed by atoms with Crippen LogP contribution in [0.15, 0.2) is 90.5 Å². The average molecular weight is 423 g/mol. The van der Waals surface area contributed by atoms with Crippen molar-refractivity contribution < 1.29 is 18.3 Å². The van der Waals surface area contributed by atoms with Gasteiger partial charge in [0.15, 0.2) is 0 Å². The van der Waals surface area contributed by atoms with Crippen molar-refractivity contribution in [1.29, 1.82) is 0 Å². The second-order valence-corrected chi connectivity index (χ2v) is 7.72. The van der Waals surface area contributed by atoms with Gasteiger partial charge in [-0.25, -0.2) is 8.78 Å². The fraction of sp³-hybridized carbons (Fsp3) is 0.259. The van der Waals surface area contributed by atoms with Crippen LogP contribution >= 0.6 is 0 Å². The van der Waals surface area contributed by atoms with E-state index in [1.54, 1.807) is 48.5 Å². The van der Waals surface area contributed by atoms with E-state index in [-0.39, 0.29) is 12.3 Å². The molecule has 0 amide bonds. The molecule has 1 unspecified atom stereocenters. The summed E-state index contributed by atoms with van der Waals surface area (Å²) in [4.78, 5) is 0. The predicted molar refractivity (Wildman–Crippen MR) is 121 cm³/mol. The molecular weight excluding hydrogens is 394 g/mol. The van der Waals surface area contributed by atoms with E-state index in [1.807, 2.05) is 51.1 Å². The van der Waals surface area contributed by atoms with E-state index in [9.17, 15) is 4.39 Å². The first-order valence-electron chi connectivity index (χ1n) is 10.6. The molecule has 0 aliphatic rings. The summed E-state index contributed by atoms with van der Waals surface area (Å²) in [6.45, 7) is 6.25. The Morgan fingerprint density at radius 1 is 0.806 bits per heavy atom. The van der Waals surface area contributed by atoms with Gasteiger partial charge in [0.2, 0.25) is 0 Å². The minimum atomic E-state index is -0.760. The molecule has 0 spiro atoms. The number of hydrogen-bond donors (Lipinski definition) is 0. The summed E-state index contributed by atoms with van der Waals surface area (Å²) < 4.78 is 41.5. The number of ether oxygens (including phenoxy) is 2. The lowest BCUT2D eigenvalue weighted by Gasteiger charge is -2.21. The fourth-order valence-corrected chi connectivity index (χ4v) is 3.54. The summed E-state index contributed by atoms with van der Waals surface area (Å²) in [5, 5.41) is 0. The number of para-hydroxylation sites is 1. The molecule has 162 valence electrons. The van der Waals surface area contributed by atoms with Gasteiger partial charge in [-0.3, -0.25) is 0 Å². The minimum absolute atomic E-state index is 0.101. The maximum Gasteiger partial charge on any atom is 0.139 e. The van der Waals surface area contributed by atoms with Crippen molar-refractivity contribution in [3.63, 3.8) is 0 Å². The normalized spacial score (nSPS) is 13.0. The van der Waals surface area contributed by atoms with Gasteiger partial charge >= 0.3 is 0 Å². The lowest BCUT2D eigenvalue weighted by molar-refractivity contribution is 0.340. The van der Waals surface area contributed by atoms with Crippen molar-refractivity contribution in [2.24, 2.45) is 5.92 Å². The third-order valence-corrected chi connectivity index (χ3v) is 4.99. The molecule has 0 radical (unpaired) electrons. The Bertz CT molecular complexity index is 995. The Labute approximate surface area is 183 Å². The van der Waals surface area contributed by atoms with Crippen LogP contribution in [-0.2, 0) is 6.42 Å². The van der Waals surface area contributed by atoms with Crippen LogP contribution in [0.25, 0.3) is 0 Å². The van der Waals surface area contributed by atoms with Crippen molar-refractivity contribution in [1.82, 2.24) is 0 Å². The third kappa shape index (κ3) is 6.17. The monoisotopic (exact) mass is 422 g/mol. The molecule has 2 nitrogen and oxygen atoms in total. The first-order valence-corrected chi connectivity index (χ1v) is 10.6. The Hall–Kier alpha value is -3.14. The van der Waals surface area contributed by atoms with Gasteiger partial charge in [-0.2, -0.15) is 0 Å². The van der Waals surface area contributed by atoms with E-state index in [2.05, 4.69) is 0 Å². The molecule has 31 heavy (non-hydrogen) atoms. The summed E-state index contributed by atoms with van der Waals surface area (Å²) in [6.07, 6.45) is -0.127. The molecular formula is C27H28F2O2. The number of allylic oxidation sites excluding steroid dienone is 2. The topological polar surface area (TPSA) is 18.5 Å². The lowest BCUT2D eigenvalue weighted by Crippen LogP contribution is -2.09. The maximum absolute atomic E-state index is 15.2. The van der Waals surface area contributed by atoms with Crippen molar-refractivity contribution in [3.8, 4) is 17.2 Å². The number of halogens is 2. The highest BCUT2D eigenvalue weighted by Gasteiger charge is 2.25. The van der Waals surface area contributed by atoms with Crippen molar-refractivity contribution in [2.75, 3.05) is 6.61 Å². The smallest absolute Gasteiger partial charge is 0.139 e. The molecule has 3 rings (SSSR count). The van der Waals surface area contributed by atoms with Crippen LogP contribution in [0, 0.1) is 5.92 Å². The SMILES string of the molecule is CCOc1ccc(C(/C(F)=C(\F)Cc2cccc(Oc3ccccc3)c2)C(C)C)cc1. The van der Waals surface area contributed by atoms with Gasteiger partial charge < -0.3 is 9.47 Å². The predicted octanol–water partition coefficient (Wildman–Crippen LogP) is 8.01. The molecule has 4 heteroatoms. The van der Waals surface area contributed by atoms with Crippen molar-refractivity contribution >= 4 is 0 Å². The second-order valence-electron chi connectivity index (χ2n) is 7.72. The molecule has 0 aliphatic carbocycles. The first-order chi connectivity index (χ1) is 15.0. The van der Waals surface area contributed by atoms with E-state index < -0.39 is 17.6 Å². The van der Waals surface area contributed by atoms with Gasteiger partial charge in [0.1, 0.15) is 28.9 Å². The summed E-state index contributed by atoms with van der Waals surface area (Å²) in [6, 6.07) is 23.6. The van der Waals surface area contributed by atoms with E-state index in [0.29, 0.717) is 29.4 Å². The molecule has 1 atom stereocenters. The zero-order chi connectivity index (χ0) is 22.2. The van der Waals surface area contributed by atoms with Crippen LogP contribution in [-0.4, -0.2) is 6.61 Å². The van der Waals surface area contributed by atoms with Crippen LogP contribution in [0.3, 0.4) is 0 Å². The van der Waals surface area contributed by atoms with E-state index in [1.165, 1.54) is 0 Å². The number of rotatable bonds is 9. The van der Waals surface area contributed by atoms with Crippen LogP contribution < -0.4 is 9.47 Å². The van der Waals surface area contributed by atoms with Gasteiger partial charge in [0.25, 0.3) is 0 Å². The van der Waals surface area contributed by atoms with Crippen molar-refractivity contribution in [2.45, 2.75) is 33.1 Å². The van der Waals surface area contributed by atoms with Crippen LogP contribution in [0.5, 0.6) is 17.2 Å². The summed E-state index contributed by atoms with van der Waals surface area (Å²) in [7, 11) is 0. The zero-order valence-electron chi connectivity index (χ0n) is 18.1. The molecule has 0 saturated heterocycles. The molecule has 0 heterocycles. The van der Waals surface area contributed by atoms with E-state index in [0.717, 1.165) is 5.56 Å². The third-order valence-electron chi connectivity index (χ3n) is 4.99. The maximum atomic E-state index is 15.2. The van der Waals surface area contributed by atoms with Gasteiger partial charge in [0, 0.05) is 12.3 Å². The Morgan fingerprint density at radius 3 is 2.13 bits per heavy atom. The lowest BCUT2D eigenvalue weighted by atomic mass is 9.86. The molecule has 0 saturated carbocycles. The highest BCUT2D eigenvalue weighted by Crippen LogP contribution is 2.36. The van der Waals surface area contributed by atoms with Crippen LogP contribution in [0.1, 0.15) is 37.8 Å². The highest BCUT2D eigenvalue weighted by atomic mass is 19.2. The van der Waals surface area contributed by atoms with Crippen LogP contribution in [0.2, 0.25) is 0 Å². The number of hydrogen-bond acceptors (Lipinski definition) is 2. The Kier molecular flexibility index (Phi) is 7.82. The highest BCUT2D eigenvalue weighted by molar-refractivity contribution is 5.37. The molecule has 3 aromatic rings. The summed E-state index contributed by atoms with van der Waals surface area (Å²) in [5.74, 6) is -0.247. The molecule has 3 aromatic carbocycles. The Balaban J connectivity index is 1.79. The van der Waals surface area contributed by atoms with Crippen molar-refractivity contribution in [3.05, 3.63) is 102 Å². The second kappa shape index (κ2) is 10.8. The standard InChI is InChI=1S/C27H28F2O2/c1-4-30-22-15-13-21(14-16-22)26(19(2)3)27(29)25(28)18-20-9-8-12-24(17-20)31-23-10-6-5-7-11-23/h5-17,19,26H,4,18H2,1-3H3/b27-25+. The average Bonchev–Trinajstić information content (AvgIpc) is 2.76. The van der Waals surface area contributed by atoms with Gasteiger partial charge in [-0.1, -0.05) is 56.3 Å². The van der Waals surface area contributed by atoms with Gasteiger partial charge in [-0.15, -0.1) is 0 Å². The molecule has 0 aromatic heterocycles.